The van der Waals surface area contributed by atoms with Gasteiger partial charge >= 0.3 is 12.1 Å². The van der Waals surface area contributed by atoms with E-state index >= 15 is 0 Å². The summed E-state index contributed by atoms with van der Waals surface area (Å²) in [7, 11) is 0. The monoisotopic (exact) mass is 405 g/mol. The van der Waals surface area contributed by atoms with Gasteiger partial charge in [0.1, 0.15) is 0 Å². The van der Waals surface area contributed by atoms with Gasteiger partial charge in [-0.2, -0.15) is 13.2 Å². The summed E-state index contributed by atoms with van der Waals surface area (Å²) in [6.45, 7) is 1.56. The zero-order valence-corrected chi connectivity index (χ0v) is 15.7. The van der Waals surface area contributed by atoms with Gasteiger partial charge in [0.2, 0.25) is 0 Å². The lowest BCUT2D eigenvalue weighted by Crippen LogP contribution is -2.62. The number of aliphatic carboxylic acids is 1. The molecule has 2 fully saturated rings. The Morgan fingerprint density at radius 2 is 1.83 bits per heavy atom. The zero-order chi connectivity index (χ0) is 20.6. The number of halogens is 3. The molecule has 4 rings (SSSR count). The highest BCUT2D eigenvalue weighted by Crippen LogP contribution is 2.43. The van der Waals surface area contributed by atoms with E-state index in [2.05, 4.69) is 4.90 Å². The van der Waals surface area contributed by atoms with Gasteiger partial charge in [0.25, 0.3) is 0 Å². The minimum Gasteiger partial charge on any atom is -0.481 e. The van der Waals surface area contributed by atoms with Crippen LogP contribution in [0.1, 0.15) is 29.0 Å². The van der Waals surface area contributed by atoms with Crippen LogP contribution >= 0.6 is 0 Å². The normalized spacial score (nSPS) is 24.7. The molecule has 29 heavy (non-hydrogen) atoms. The number of carboxylic acid groups (broad SMARTS) is 1. The van der Waals surface area contributed by atoms with Crippen LogP contribution in [0.4, 0.5) is 13.2 Å². The van der Waals surface area contributed by atoms with Gasteiger partial charge in [-0.25, -0.2) is 0 Å². The van der Waals surface area contributed by atoms with Crippen LogP contribution in [0, 0.1) is 5.92 Å². The van der Waals surface area contributed by atoms with Crippen molar-refractivity contribution in [2.75, 3.05) is 26.3 Å². The highest BCUT2D eigenvalue weighted by atomic mass is 19.4. The summed E-state index contributed by atoms with van der Waals surface area (Å²) in [6, 6.07) is 14.9. The summed E-state index contributed by atoms with van der Waals surface area (Å²) in [5, 5.41) is 9.70. The molecule has 2 aromatic rings. The molecule has 2 aromatic carbocycles. The fraction of sp³-hybridized carbons (Fsp3) is 0.409. The van der Waals surface area contributed by atoms with Crippen molar-refractivity contribution in [3.05, 3.63) is 71.3 Å². The average molecular weight is 405 g/mol. The molecule has 2 heterocycles. The van der Waals surface area contributed by atoms with Crippen LogP contribution in [0.2, 0.25) is 0 Å². The lowest BCUT2D eigenvalue weighted by molar-refractivity contribution is -0.164. The van der Waals surface area contributed by atoms with Crippen LogP contribution in [0.3, 0.4) is 0 Å². The van der Waals surface area contributed by atoms with E-state index in [1.807, 2.05) is 30.3 Å². The minimum atomic E-state index is -4.41. The van der Waals surface area contributed by atoms with Crippen molar-refractivity contribution in [1.29, 1.82) is 0 Å². The van der Waals surface area contributed by atoms with E-state index in [0.29, 0.717) is 38.3 Å². The van der Waals surface area contributed by atoms with Crippen LogP contribution < -0.4 is 0 Å². The molecule has 2 aliphatic heterocycles. The SMILES string of the molecule is O=C(O)[C@@H]1CCN(C2(c3cccc(C(F)(F)F)c3)COC2)C[C@H]1c1ccccc1. The predicted molar refractivity (Wildman–Crippen MR) is 100 cm³/mol. The quantitative estimate of drug-likeness (QED) is 0.832. The number of piperidine rings is 1. The van der Waals surface area contributed by atoms with Gasteiger partial charge in [0.05, 0.1) is 30.2 Å². The van der Waals surface area contributed by atoms with Crippen molar-refractivity contribution < 1.29 is 27.8 Å². The molecular formula is C22H22F3NO3. The topological polar surface area (TPSA) is 49.8 Å². The third-order valence-electron chi connectivity index (χ3n) is 6.17. The Bertz CT molecular complexity index is 880. The van der Waals surface area contributed by atoms with Gasteiger partial charge in [-0.3, -0.25) is 9.69 Å². The number of rotatable bonds is 4. The Morgan fingerprint density at radius 3 is 2.41 bits per heavy atom. The van der Waals surface area contributed by atoms with E-state index in [-0.39, 0.29) is 5.92 Å². The van der Waals surface area contributed by atoms with Crippen molar-refractivity contribution in [1.82, 2.24) is 4.90 Å². The van der Waals surface area contributed by atoms with E-state index < -0.39 is 29.2 Å². The van der Waals surface area contributed by atoms with E-state index in [4.69, 9.17) is 4.74 Å². The molecular weight excluding hydrogens is 383 g/mol. The van der Waals surface area contributed by atoms with E-state index in [0.717, 1.165) is 11.6 Å². The van der Waals surface area contributed by atoms with E-state index in [1.165, 1.54) is 12.1 Å². The number of nitrogens with zero attached hydrogens (tertiary/aromatic N) is 1. The molecule has 4 nitrogen and oxygen atoms in total. The van der Waals surface area contributed by atoms with Gasteiger partial charge in [0, 0.05) is 19.0 Å². The first kappa shape index (κ1) is 19.9. The highest BCUT2D eigenvalue weighted by Gasteiger charge is 2.50. The molecule has 154 valence electrons. The molecule has 0 saturated carbocycles. The van der Waals surface area contributed by atoms with Crippen molar-refractivity contribution in [2.45, 2.75) is 24.1 Å². The Hall–Kier alpha value is -2.38. The largest absolute Gasteiger partial charge is 0.481 e. The second kappa shape index (κ2) is 7.46. The second-order valence-corrected chi connectivity index (χ2v) is 7.80. The lowest BCUT2D eigenvalue weighted by Gasteiger charge is -2.53. The molecule has 0 spiro atoms. The summed E-state index contributed by atoms with van der Waals surface area (Å²) in [5.41, 5.74) is 0.169. The summed E-state index contributed by atoms with van der Waals surface area (Å²) < 4.78 is 45.1. The second-order valence-electron chi connectivity index (χ2n) is 7.80. The van der Waals surface area contributed by atoms with Crippen molar-refractivity contribution >= 4 is 5.97 Å². The van der Waals surface area contributed by atoms with Gasteiger partial charge in [-0.05, 0) is 29.7 Å². The molecule has 0 unspecified atom stereocenters. The van der Waals surface area contributed by atoms with Crippen molar-refractivity contribution in [3.8, 4) is 0 Å². The molecule has 0 amide bonds. The standard InChI is InChI=1S/C22H22F3NO3/c23-22(24,25)17-8-4-7-16(11-17)21(13-29-14-21)26-10-9-18(20(27)28)19(12-26)15-5-2-1-3-6-15/h1-8,11,18-19H,9-10,12-14H2,(H,27,28)/t18-,19+/m1/s1. The number of likely N-dealkylation sites (tertiary alicyclic amines) is 1. The Balaban J connectivity index is 1.67. The van der Waals surface area contributed by atoms with Crippen LogP contribution in [0.15, 0.2) is 54.6 Å². The zero-order valence-electron chi connectivity index (χ0n) is 15.7. The fourth-order valence-corrected chi connectivity index (χ4v) is 4.49. The molecule has 2 atom stereocenters. The minimum absolute atomic E-state index is 0.231. The van der Waals surface area contributed by atoms with E-state index in [9.17, 15) is 23.1 Å². The number of hydrogen-bond acceptors (Lipinski definition) is 3. The summed E-state index contributed by atoms with van der Waals surface area (Å²) in [5.74, 6) is -1.59. The average Bonchev–Trinajstić information content (AvgIpc) is 2.67. The van der Waals surface area contributed by atoms with Crippen LogP contribution in [-0.2, 0) is 21.2 Å². The number of benzene rings is 2. The summed E-state index contributed by atoms with van der Waals surface area (Å²) in [6.07, 6.45) is -3.97. The highest BCUT2D eigenvalue weighted by molar-refractivity contribution is 5.71. The van der Waals surface area contributed by atoms with Gasteiger partial charge in [-0.15, -0.1) is 0 Å². The van der Waals surface area contributed by atoms with Gasteiger partial charge in [0.15, 0.2) is 0 Å². The van der Waals surface area contributed by atoms with Crippen molar-refractivity contribution in [3.63, 3.8) is 0 Å². The maximum atomic E-state index is 13.2. The fourth-order valence-electron chi connectivity index (χ4n) is 4.49. The third-order valence-corrected chi connectivity index (χ3v) is 6.17. The third kappa shape index (κ3) is 3.65. The number of alkyl halides is 3. The summed E-state index contributed by atoms with van der Waals surface area (Å²) in [4.78, 5) is 13.9. The predicted octanol–water partition coefficient (Wildman–Crippen LogP) is 4.12. The smallest absolute Gasteiger partial charge is 0.416 e. The van der Waals surface area contributed by atoms with Crippen LogP contribution in [0.5, 0.6) is 0 Å². The van der Waals surface area contributed by atoms with Crippen molar-refractivity contribution in [2.24, 2.45) is 5.92 Å². The molecule has 1 N–H and O–H groups in total. The molecule has 2 saturated heterocycles. The molecule has 2 aliphatic rings. The number of carbonyl (C=O) groups is 1. The van der Waals surface area contributed by atoms with Crippen LogP contribution in [-0.4, -0.2) is 42.3 Å². The Morgan fingerprint density at radius 1 is 1.10 bits per heavy atom. The summed E-state index contributed by atoms with van der Waals surface area (Å²) >= 11 is 0. The number of hydrogen-bond donors (Lipinski definition) is 1. The first-order valence-corrected chi connectivity index (χ1v) is 9.59. The Labute approximate surface area is 166 Å². The maximum absolute atomic E-state index is 13.2. The Kier molecular flexibility index (Phi) is 5.12. The lowest BCUT2D eigenvalue weighted by atomic mass is 9.76. The molecule has 0 aromatic heterocycles. The first-order chi connectivity index (χ1) is 13.8. The molecule has 7 heteroatoms. The number of carboxylic acids is 1. The first-order valence-electron chi connectivity index (χ1n) is 9.59. The van der Waals surface area contributed by atoms with Gasteiger partial charge < -0.3 is 9.84 Å². The van der Waals surface area contributed by atoms with Crippen LogP contribution in [0.25, 0.3) is 0 Å². The molecule has 0 bridgehead atoms. The van der Waals surface area contributed by atoms with E-state index in [1.54, 1.807) is 6.07 Å². The molecule has 0 aliphatic carbocycles. The van der Waals surface area contributed by atoms with Gasteiger partial charge in [-0.1, -0.05) is 42.5 Å². The molecule has 0 radical (unpaired) electrons. The number of ether oxygens (including phenoxy) is 1. The maximum Gasteiger partial charge on any atom is 0.416 e.